The van der Waals surface area contributed by atoms with Gasteiger partial charge in [0.25, 0.3) is 0 Å². The molecule has 0 aromatic heterocycles. The van der Waals surface area contributed by atoms with Gasteiger partial charge in [-0.2, -0.15) is 0 Å². The summed E-state index contributed by atoms with van der Waals surface area (Å²) in [7, 11) is 1.63. The van der Waals surface area contributed by atoms with E-state index in [9.17, 15) is 4.79 Å². The van der Waals surface area contributed by atoms with Crippen LogP contribution < -0.4 is 0 Å². The molecule has 0 heterocycles. The van der Waals surface area contributed by atoms with Gasteiger partial charge in [-0.15, -0.1) is 0 Å². The second-order valence-electron chi connectivity index (χ2n) is 12.4. The summed E-state index contributed by atoms with van der Waals surface area (Å²) in [6.07, 6.45) is 19.5. The van der Waals surface area contributed by atoms with E-state index in [2.05, 4.69) is 43.3 Å². The van der Waals surface area contributed by atoms with Crippen molar-refractivity contribution >= 4 is 5.97 Å². The zero-order valence-corrected chi connectivity index (χ0v) is 28.1. The van der Waals surface area contributed by atoms with Crippen LogP contribution in [0.4, 0.5) is 0 Å². The molecule has 45 heavy (non-hydrogen) atoms. The molecule has 3 aromatic carbocycles. The highest BCUT2D eigenvalue weighted by atomic mass is 16.6. The highest BCUT2D eigenvalue weighted by molar-refractivity contribution is 5.69. The summed E-state index contributed by atoms with van der Waals surface area (Å²) in [6.45, 7) is 2.76. The second-order valence-corrected chi connectivity index (χ2v) is 12.4. The van der Waals surface area contributed by atoms with Crippen molar-refractivity contribution in [3.63, 3.8) is 0 Å². The van der Waals surface area contributed by atoms with Crippen molar-refractivity contribution in [3.8, 4) is 0 Å². The summed E-state index contributed by atoms with van der Waals surface area (Å²) in [4.78, 5) is 12.9. The predicted molar refractivity (Wildman–Crippen MR) is 186 cm³/mol. The summed E-state index contributed by atoms with van der Waals surface area (Å²) >= 11 is 0. The first-order valence-electron chi connectivity index (χ1n) is 17.7. The molecule has 0 aliphatic carbocycles. The molecule has 0 aliphatic heterocycles. The van der Waals surface area contributed by atoms with Gasteiger partial charge in [0.05, 0.1) is 13.2 Å². The van der Waals surface area contributed by atoms with Crippen LogP contribution in [0.3, 0.4) is 0 Å². The van der Waals surface area contributed by atoms with Gasteiger partial charge < -0.3 is 14.2 Å². The van der Waals surface area contributed by atoms with Gasteiger partial charge in [0.1, 0.15) is 11.7 Å². The Labute approximate surface area is 273 Å². The lowest BCUT2D eigenvalue weighted by Gasteiger charge is -2.37. The molecule has 4 heteroatoms. The first kappa shape index (κ1) is 36.5. The molecular formula is C41H58O4. The largest absolute Gasteiger partial charge is 0.457 e. The van der Waals surface area contributed by atoms with Crippen LogP contribution >= 0.6 is 0 Å². The zero-order chi connectivity index (χ0) is 31.8. The van der Waals surface area contributed by atoms with Crippen LogP contribution in [0, 0.1) is 0 Å². The number of methoxy groups -OCH3 is 1. The first-order chi connectivity index (χ1) is 22.2. The van der Waals surface area contributed by atoms with Crippen molar-refractivity contribution in [2.24, 2.45) is 0 Å². The molecule has 3 aromatic rings. The molecule has 0 spiro atoms. The topological polar surface area (TPSA) is 44.8 Å². The molecule has 3 rings (SSSR count). The van der Waals surface area contributed by atoms with Gasteiger partial charge in [-0.3, -0.25) is 4.79 Å². The molecule has 1 atom stereocenters. The fourth-order valence-corrected chi connectivity index (χ4v) is 6.17. The van der Waals surface area contributed by atoms with Crippen LogP contribution in [-0.2, 0) is 24.6 Å². The van der Waals surface area contributed by atoms with Gasteiger partial charge in [-0.25, -0.2) is 0 Å². The number of ether oxygens (including phenoxy) is 3. The van der Waals surface area contributed by atoms with E-state index in [0.717, 1.165) is 29.5 Å². The summed E-state index contributed by atoms with van der Waals surface area (Å²) in [6, 6.07) is 30.8. The van der Waals surface area contributed by atoms with Gasteiger partial charge in [-0.1, -0.05) is 188 Å². The molecule has 0 radical (unpaired) electrons. The van der Waals surface area contributed by atoms with Crippen LogP contribution in [0.1, 0.15) is 126 Å². The Kier molecular flexibility index (Phi) is 18.3. The maximum absolute atomic E-state index is 12.9. The van der Waals surface area contributed by atoms with E-state index in [4.69, 9.17) is 14.2 Å². The summed E-state index contributed by atoms with van der Waals surface area (Å²) in [5.41, 5.74) is 2.18. The number of carbonyl (C=O) groups is 1. The average molecular weight is 615 g/mol. The average Bonchev–Trinajstić information content (AvgIpc) is 3.08. The summed E-state index contributed by atoms with van der Waals surface area (Å²) in [5, 5.41) is 0. The monoisotopic (exact) mass is 614 g/mol. The number of benzene rings is 3. The van der Waals surface area contributed by atoms with Crippen molar-refractivity contribution < 1.29 is 19.0 Å². The molecule has 0 bridgehead atoms. The van der Waals surface area contributed by atoms with E-state index in [-0.39, 0.29) is 19.2 Å². The van der Waals surface area contributed by atoms with Crippen LogP contribution in [0.5, 0.6) is 0 Å². The molecule has 0 saturated heterocycles. The minimum absolute atomic E-state index is 0.180. The Morgan fingerprint density at radius 3 is 1.31 bits per heavy atom. The van der Waals surface area contributed by atoms with Crippen LogP contribution in [-0.4, -0.2) is 32.4 Å². The Hall–Kier alpha value is -2.95. The second kappa shape index (κ2) is 22.5. The molecule has 0 N–H and O–H groups in total. The fourth-order valence-electron chi connectivity index (χ4n) is 6.17. The molecule has 4 nitrogen and oxygen atoms in total. The van der Waals surface area contributed by atoms with Crippen molar-refractivity contribution in [2.75, 3.05) is 20.3 Å². The molecule has 0 amide bonds. The lowest BCUT2D eigenvalue weighted by molar-refractivity contribution is -0.158. The minimum atomic E-state index is -0.865. The Morgan fingerprint density at radius 2 is 0.933 bits per heavy atom. The Morgan fingerprint density at radius 1 is 0.556 bits per heavy atom. The quantitative estimate of drug-likeness (QED) is 0.0541. The van der Waals surface area contributed by atoms with Crippen molar-refractivity contribution in [3.05, 3.63) is 108 Å². The number of esters is 1. The molecule has 0 saturated carbocycles. The number of hydrogen-bond donors (Lipinski definition) is 0. The fraction of sp³-hybridized carbons (Fsp3) is 0.537. The van der Waals surface area contributed by atoms with Crippen LogP contribution in [0.2, 0.25) is 0 Å². The summed E-state index contributed by atoms with van der Waals surface area (Å²) in [5.74, 6) is -0.180. The standard InChI is InChI=1S/C41H58O4/c1-3-4-5-6-7-8-9-10-11-12-13-14-15-16-26-33-40(42)45-39(34-43-2)35-44-41(36-27-20-17-21-28-36,37-29-22-18-23-30-37)38-31-24-19-25-32-38/h17-25,27-32,39H,3-16,26,33-35H2,1-2H3. The Balaban J connectivity index is 1.44. The first-order valence-corrected chi connectivity index (χ1v) is 17.7. The maximum Gasteiger partial charge on any atom is 0.306 e. The highest BCUT2D eigenvalue weighted by Gasteiger charge is 2.38. The van der Waals surface area contributed by atoms with Crippen molar-refractivity contribution in [1.82, 2.24) is 0 Å². The SMILES string of the molecule is CCCCCCCCCCCCCCCCCC(=O)OC(COC)COC(c1ccccc1)(c1ccccc1)c1ccccc1. The third-order valence-electron chi connectivity index (χ3n) is 8.66. The van der Waals surface area contributed by atoms with Crippen molar-refractivity contribution in [2.45, 2.75) is 121 Å². The molecule has 0 fully saturated rings. The van der Waals surface area contributed by atoms with Gasteiger partial charge >= 0.3 is 5.97 Å². The van der Waals surface area contributed by atoms with E-state index >= 15 is 0 Å². The predicted octanol–water partition coefficient (Wildman–Crippen LogP) is 10.8. The number of rotatable bonds is 25. The van der Waals surface area contributed by atoms with Crippen LogP contribution in [0.15, 0.2) is 91.0 Å². The van der Waals surface area contributed by atoms with E-state index in [0.29, 0.717) is 6.42 Å². The normalized spacial score (nSPS) is 12.2. The molecule has 0 aliphatic rings. The number of hydrogen-bond acceptors (Lipinski definition) is 4. The molecule has 1 unspecified atom stereocenters. The lowest BCUT2D eigenvalue weighted by atomic mass is 9.80. The van der Waals surface area contributed by atoms with E-state index in [1.54, 1.807) is 7.11 Å². The smallest absolute Gasteiger partial charge is 0.306 e. The van der Waals surface area contributed by atoms with E-state index < -0.39 is 11.7 Å². The molecule has 246 valence electrons. The van der Waals surface area contributed by atoms with Gasteiger partial charge in [0, 0.05) is 13.5 Å². The van der Waals surface area contributed by atoms with Gasteiger partial charge in [0.15, 0.2) is 0 Å². The Bertz CT molecular complexity index is 1040. The lowest BCUT2D eigenvalue weighted by Crippen LogP contribution is -2.38. The van der Waals surface area contributed by atoms with E-state index in [1.165, 1.54) is 83.5 Å². The number of unbranched alkanes of at least 4 members (excludes halogenated alkanes) is 14. The molecular weight excluding hydrogens is 556 g/mol. The third kappa shape index (κ3) is 13.1. The highest BCUT2D eigenvalue weighted by Crippen LogP contribution is 2.40. The number of carbonyl (C=O) groups excluding carboxylic acids is 1. The minimum Gasteiger partial charge on any atom is -0.457 e. The van der Waals surface area contributed by atoms with Gasteiger partial charge in [-0.05, 0) is 23.1 Å². The van der Waals surface area contributed by atoms with E-state index in [1.807, 2.05) is 54.6 Å². The summed E-state index contributed by atoms with van der Waals surface area (Å²) < 4.78 is 18.3. The van der Waals surface area contributed by atoms with Crippen LogP contribution in [0.25, 0.3) is 0 Å². The van der Waals surface area contributed by atoms with Crippen molar-refractivity contribution in [1.29, 1.82) is 0 Å². The maximum atomic E-state index is 12.9. The zero-order valence-electron chi connectivity index (χ0n) is 28.1. The van der Waals surface area contributed by atoms with Gasteiger partial charge in [0.2, 0.25) is 0 Å². The third-order valence-corrected chi connectivity index (χ3v) is 8.66.